The summed E-state index contributed by atoms with van der Waals surface area (Å²) in [6, 6.07) is 19.7. The molecule has 3 rings (SSSR count). The van der Waals surface area contributed by atoms with E-state index in [0.29, 0.717) is 17.3 Å². The number of carbonyl (C=O) groups is 2. The zero-order valence-corrected chi connectivity index (χ0v) is 18.3. The summed E-state index contributed by atoms with van der Waals surface area (Å²) in [5.41, 5.74) is 3.81. The molecule has 6 heteroatoms. The molecular weight excluding hydrogens is 394 g/mol. The van der Waals surface area contributed by atoms with E-state index in [9.17, 15) is 9.59 Å². The lowest BCUT2D eigenvalue weighted by atomic mass is 9.98. The maximum atomic E-state index is 12.5. The smallest absolute Gasteiger partial charge is 0.238 e. The largest absolute Gasteiger partial charge is 0.326 e. The van der Waals surface area contributed by atoms with Crippen LogP contribution in [0.1, 0.15) is 48.7 Å². The molecule has 0 unspecified atom stereocenters. The number of hydrogen-bond donors (Lipinski definition) is 3. The van der Waals surface area contributed by atoms with Gasteiger partial charge in [-0.2, -0.15) is 0 Å². The van der Waals surface area contributed by atoms with Crippen LogP contribution in [0.15, 0.2) is 66.0 Å². The molecule has 2 amide bonds. The van der Waals surface area contributed by atoms with Gasteiger partial charge in [-0.15, -0.1) is 11.3 Å². The molecule has 1 aromatic heterocycles. The Morgan fingerprint density at radius 1 is 0.867 bits per heavy atom. The van der Waals surface area contributed by atoms with E-state index in [1.54, 1.807) is 35.6 Å². The fourth-order valence-corrected chi connectivity index (χ4v) is 3.98. The van der Waals surface area contributed by atoms with Gasteiger partial charge >= 0.3 is 0 Å². The lowest BCUT2D eigenvalue weighted by Gasteiger charge is -2.19. The van der Waals surface area contributed by atoms with Crippen molar-refractivity contribution in [3.05, 3.63) is 82.0 Å². The number of anilines is 2. The highest BCUT2D eigenvalue weighted by Crippen LogP contribution is 2.27. The van der Waals surface area contributed by atoms with Crippen LogP contribution < -0.4 is 16.0 Å². The van der Waals surface area contributed by atoms with Gasteiger partial charge in [0.1, 0.15) is 0 Å². The van der Waals surface area contributed by atoms with E-state index in [4.69, 9.17) is 0 Å². The van der Waals surface area contributed by atoms with Crippen molar-refractivity contribution in [2.75, 3.05) is 17.2 Å². The lowest BCUT2D eigenvalue weighted by molar-refractivity contribution is -0.115. The van der Waals surface area contributed by atoms with Crippen LogP contribution in [0.3, 0.4) is 0 Å². The second-order valence-electron chi connectivity index (χ2n) is 7.46. The third-order valence-electron chi connectivity index (χ3n) is 4.72. The van der Waals surface area contributed by atoms with Crippen LogP contribution in [-0.2, 0) is 9.59 Å². The molecule has 1 heterocycles. The molecule has 0 aliphatic rings. The first-order valence-corrected chi connectivity index (χ1v) is 10.8. The molecule has 0 aliphatic carbocycles. The van der Waals surface area contributed by atoms with Gasteiger partial charge in [0.15, 0.2) is 0 Å². The fourth-order valence-electron chi connectivity index (χ4n) is 3.15. The second kappa shape index (κ2) is 10.2. The zero-order valence-electron chi connectivity index (χ0n) is 17.4. The number of amides is 2. The van der Waals surface area contributed by atoms with E-state index >= 15 is 0 Å². The molecule has 3 N–H and O–H groups in total. The molecular formula is C24H27N3O2S. The molecule has 156 valence electrons. The Kier molecular flexibility index (Phi) is 7.38. The van der Waals surface area contributed by atoms with Crippen LogP contribution in [0.2, 0.25) is 0 Å². The van der Waals surface area contributed by atoms with Crippen molar-refractivity contribution in [2.45, 2.75) is 32.7 Å². The maximum absolute atomic E-state index is 12.5. The van der Waals surface area contributed by atoms with E-state index in [2.05, 4.69) is 60.1 Å². The molecule has 3 aromatic rings. The first-order valence-electron chi connectivity index (χ1n) is 9.96. The minimum Gasteiger partial charge on any atom is -0.326 e. The van der Waals surface area contributed by atoms with Crippen molar-refractivity contribution >= 4 is 34.5 Å². The first-order chi connectivity index (χ1) is 14.4. The number of carbonyl (C=O) groups excluding carboxylic acids is 2. The highest BCUT2D eigenvalue weighted by atomic mass is 32.1. The number of thiophene rings is 1. The molecule has 0 aliphatic heterocycles. The van der Waals surface area contributed by atoms with Crippen molar-refractivity contribution in [3.63, 3.8) is 0 Å². The third-order valence-corrected chi connectivity index (χ3v) is 5.66. The van der Waals surface area contributed by atoms with Crippen LogP contribution in [-0.4, -0.2) is 18.4 Å². The summed E-state index contributed by atoms with van der Waals surface area (Å²) in [4.78, 5) is 24.8. The zero-order chi connectivity index (χ0) is 21.5. The molecule has 30 heavy (non-hydrogen) atoms. The minimum atomic E-state index is -0.128. The van der Waals surface area contributed by atoms with Gasteiger partial charge in [0.05, 0.1) is 12.6 Å². The van der Waals surface area contributed by atoms with Gasteiger partial charge in [0, 0.05) is 23.2 Å². The molecule has 1 atom stereocenters. The van der Waals surface area contributed by atoms with E-state index in [-0.39, 0.29) is 24.4 Å². The van der Waals surface area contributed by atoms with Crippen molar-refractivity contribution in [1.82, 2.24) is 5.32 Å². The normalized spacial score (nSPS) is 11.9. The highest BCUT2D eigenvalue weighted by molar-refractivity contribution is 7.10. The number of rotatable bonds is 8. The molecule has 0 saturated carbocycles. The van der Waals surface area contributed by atoms with Crippen molar-refractivity contribution in [1.29, 1.82) is 0 Å². The first kappa shape index (κ1) is 21.7. The van der Waals surface area contributed by atoms with Crippen LogP contribution >= 0.6 is 11.3 Å². The Hall–Kier alpha value is -2.96. The Labute approximate surface area is 181 Å². The minimum absolute atomic E-state index is 0.0425. The van der Waals surface area contributed by atoms with Gasteiger partial charge in [0.25, 0.3) is 0 Å². The molecule has 0 bridgehead atoms. The summed E-state index contributed by atoms with van der Waals surface area (Å²) in [7, 11) is 0. The van der Waals surface area contributed by atoms with Gasteiger partial charge in [-0.3, -0.25) is 14.9 Å². The summed E-state index contributed by atoms with van der Waals surface area (Å²) in [5.74, 6) is 0.231. The number of hydrogen-bond acceptors (Lipinski definition) is 4. The number of nitrogens with one attached hydrogen (secondary N) is 3. The van der Waals surface area contributed by atoms with E-state index in [1.807, 2.05) is 11.4 Å². The monoisotopic (exact) mass is 421 g/mol. The lowest BCUT2D eigenvalue weighted by Crippen LogP contribution is -2.31. The Morgan fingerprint density at radius 2 is 1.47 bits per heavy atom. The average molecular weight is 422 g/mol. The molecule has 0 saturated heterocycles. The fraction of sp³-hybridized carbons (Fsp3) is 0.250. The van der Waals surface area contributed by atoms with Crippen LogP contribution in [0, 0.1) is 0 Å². The predicted molar refractivity (Wildman–Crippen MR) is 124 cm³/mol. The topological polar surface area (TPSA) is 70.2 Å². The predicted octanol–water partition coefficient (Wildman–Crippen LogP) is 5.15. The quantitative estimate of drug-likeness (QED) is 0.471. The van der Waals surface area contributed by atoms with Crippen molar-refractivity contribution in [2.24, 2.45) is 0 Å². The van der Waals surface area contributed by atoms with E-state index in [0.717, 1.165) is 5.56 Å². The standard InChI is InChI=1S/C24H27N3O2S/c1-16(2)18-6-8-19(9-7-18)24(22-5-4-14-30-22)25-15-23(29)27-21-12-10-20(11-13-21)26-17(3)28/h4-14,16,24-25H,15H2,1-3H3,(H,26,28)(H,27,29)/t24-/m1/s1. The maximum Gasteiger partial charge on any atom is 0.238 e. The Bertz CT molecular complexity index is 965. The molecule has 2 aromatic carbocycles. The second-order valence-corrected chi connectivity index (χ2v) is 8.44. The van der Waals surface area contributed by atoms with Gasteiger partial charge in [-0.05, 0) is 52.8 Å². The summed E-state index contributed by atoms with van der Waals surface area (Å²) in [6.45, 7) is 6.00. The molecule has 0 spiro atoms. The third kappa shape index (κ3) is 6.02. The van der Waals surface area contributed by atoms with Crippen molar-refractivity contribution in [3.8, 4) is 0 Å². The van der Waals surface area contributed by atoms with Crippen LogP contribution in [0.5, 0.6) is 0 Å². The molecule has 0 radical (unpaired) electrons. The van der Waals surface area contributed by atoms with Gasteiger partial charge in [0.2, 0.25) is 11.8 Å². The summed E-state index contributed by atoms with van der Waals surface area (Å²) >= 11 is 1.67. The van der Waals surface area contributed by atoms with Gasteiger partial charge < -0.3 is 10.6 Å². The summed E-state index contributed by atoms with van der Waals surface area (Å²) < 4.78 is 0. The SMILES string of the molecule is CC(=O)Nc1ccc(NC(=O)CN[C@H](c2ccc(C(C)C)cc2)c2cccs2)cc1. The number of benzene rings is 2. The highest BCUT2D eigenvalue weighted by Gasteiger charge is 2.16. The van der Waals surface area contributed by atoms with E-state index < -0.39 is 0 Å². The Morgan fingerprint density at radius 3 is 2.00 bits per heavy atom. The van der Waals surface area contributed by atoms with Crippen molar-refractivity contribution < 1.29 is 9.59 Å². The Balaban J connectivity index is 1.64. The van der Waals surface area contributed by atoms with E-state index in [1.165, 1.54) is 17.4 Å². The van der Waals surface area contributed by atoms with Crippen LogP contribution in [0.4, 0.5) is 11.4 Å². The summed E-state index contributed by atoms with van der Waals surface area (Å²) in [5, 5.41) is 11.0. The average Bonchev–Trinajstić information content (AvgIpc) is 3.24. The molecule has 0 fully saturated rings. The molecule has 5 nitrogen and oxygen atoms in total. The van der Waals surface area contributed by atoms with Gasteiger partial charge in [-0.25, -0.2) is 0 Å². The van der Waals surface area contributed by atoms with Gasteiger partial charge in [-0.1, -0.05) is 44.2 Å². The summed E-state index contributed by atoms with van der Waals surface area (Å²) in [6.07, 6.45) is 0. The van der Waals surface area contributed by atoms with Crippen LogP contribution in [0.25, 0.3) is 0 Å².